The van der Waals surface area contributed by atoms with Crippen LogP contribution in [0.1, 0.15) is 21.6 Å². The zero-order chi connectivity index (χ0) is 13.9. The van der Waals surface area contributed by atoms with Gasteiger partial charge in [-0.15, -0.1) is 11.3 Å². The second-order valence-electron chi connectivity index (χ2n) is 4.92. The lowest BCUT2D eigenvalue weighted by molar-refractivity contribution is -0.131. The van der Waals surface area contributed by atoms with Crippen molar-refractivity contribution >= 4 is 17.2 Å². The molecule has 0 saturated carbocycles. The van der Waals surface area contributed by atoms with Gasteiger partial charge in [-0.25, -0.2) is 0 Å². The molecule has 0 unspecified atom stereocenters. The number of carbonyl (C=O) groups is 1. The number of nitriles is 1. The van der Waals surface area contributed by atoms with Crippen LogP contribution in [0.5, 0.6) is 0 Å². The number of fused-ring (bicyclic) bond motifs is 1. The van der Waals surface area contributed by atoms with Gasteiger partial charge in [0.05, 0.1) is 18.1 Å². The van der Waals surface area contributed by atoms with E-state index >= 15 is 0 Å². The first-order valence-electron chi connectivity index (χ1n) is 6.58. The van der Waals surface area contributed by atoms with Crippen molar-refractivity contribution in [3.63, 3.8) is 0 Å². The van der Waals surface area contributed by atoms with Crippen LogP contribution >= 0.6 is 11.3 Å². The Morgan fingerprint density at radius 3 is 2.85 bits per heavy atom. The fraction of sp³-hybridized carbons (Fsp3) is 0.250. The van der Waals surface area contributed by atoms with Crippen molar-refractivity contribution in [1.82, 2.24) is 4.90 Å². The van der Waals surface area contributed by atoms with Crippen molar-refractivity contribution in [3.8, 4) is 6.07 Å². The molecule has 2 aromatic rings. The minimum atomic E-state index is 0.159. The molecule has 0 bridgehead atoms. The second kappa shape index (κ2) is 5.48. The highest BCUT2D eigenvalue weighted by atomic mass is 32.1. The van der Waals surface area contributed by atoms with Crippen LogP contribution in [0, 0.1) is 11.3 Å². The van der Waals surface area contributed by atoms with Crippen LogP contribution < -0.4 is 0 Å². The maximum absolute atomic E-state index is 12.3. The molecule has 3 nitrogen and oxygen atoms in total. The van der Waals surface area contributed by atoms with Crippen LogP contribution in [0.2, 0.25) is 0 Å². The summed E-state index contributed by atoms with van der Waals surface area (Å²) >= 11 is 1.78. The molecule has 20 heavy (non-hydrogen) atoms. The monoisotopic (exact) mass is 282 g/mol. The molecule has 1 aromatic heterocycles. The summed E-state index contributed by atoms with van der Waals surface area (Å²) in [6.45, 7) is 1.54. The van der Waals surface area contributed by atoms with Crippen LogP contribution in [-0.2, 0) is 24.2 Å². The first-order chi connectivity index (χ1) is 9.76. The van der Waals surface area contributed by atoms with Crippen molar-refractivity contribution in [2.24, 2.45) is 0 Å². The molecule has 0 saturated heterocycles. The lowest BCUT2D eigenvalue weighted by Gasteiger charge is -2.27. The zero-order valence-corrected chi connectivity index (χ0v) is 11.8. The number of carbonyl (C=O) groups excluding carboxylic acids is 1. The summed E-state index contributed by atoms with van der Waals surface area (Å²) in [5, 5.41) is 10.9. The minimum Gasteiger partial charge on any atom is -0.338 e. The Bertz CT molecular complexity index is 667. The van der Waals surface area contributed by atoms with E-state index < -0.39 is 0 Å². The number of nitrogens with zero attached hydrogens (tertiary/aromatic N) is 2. The van der Waals surface area contributed by atoms with Gasteiger partial charge in [-0.2, -0.15) is 5.26 Å². The van der Waals surface area contributed by atoms with E-state index in [0.29, 0.717) is 12.0 Å². The molecule has 0 atom stereocenters. The first kappa shape index (κ1) is 12.9. The average molecular weight is 282 g/mol. The fourth-order valence-electron chi connectivity index (χ4n) is 2.44. The third-order valence-corrected chi connectivity index (χ3v) is 4.62. The Morgan fingerprint density at radius 2 is 2.10 bits per heavy atom. The van der Waals surface area contributed by atoms with Crippen molar-refractivity contribution in [2.45, 2.75) is 19.4 Å². The number of rotatable bonds is 2. The van der Waals surface area contributed by atoms with Gasteiger partial charge in [0.1, 0.15) is 0 Å². The number of hydrogen-bond acceptors (Lipinski definition) is 3. The molecule has 0 radical (unpaired) electrons. The second-order valence-corrected chi connectivity index (χ2v) is 5.92. The van der Waals surface area contributed by atoms with Crippen LogP contribution in [0.3, 0.4) is 0 Å². The highest BCUT2D eigenvalue weighted by molar-refractivity contribution is 7.10. The van der Waals surface area contributed by atoms with Crippen molar-refractivity contribution in [2.75, 3.05) is 6.54 Å². The van der Waals surface area contributed by atoms with E-state index in [1.807, 2.05) is 17.0 Å². The Morgan fingerprint density at radius 1 is 1.30 bits per heavy atom. The van der Waals surface area contributed by atoms with Gasteiger partial charge in [0, 0.05) is 18.0 Å². The van der Waals surface area contributed by atoms with E-state index in [2.05, 4.69) is 17.5 Å². The van der Waals surface area contributed by atoms with Crippen molar-refractivity contribution in [1.29, 1.82) is 5.26 Å². The number of benzene rings is 1. The van der Waals surface area contributed by atoms with Crippen LogP contribution in [-0.4, -0.2) is 17.4 Å². The summed E-state index contributed by atoms with van der Waals surface area (Å²) in [5.41, 5.74) is 2.88. The fourth-order valence-corrected chi connectivity index (χ4v) is 3.33. The summed E-state index contributed by atoms with van der Waals surface area (Å²) in [5.74, 6) is 0.159. The maximum Gasteiger partial charge on any atom is 0.227 e. The quantitative estimate of drug-likeness (QED) is 0.850. The molecule has 0 spiro atoms. The predicted octanol–water partition coefficient (Wildman–Crippen LogP) is 2.75. The third-order valence-electron chi connectivity index (χ3n) is 3.60. The number of hydrogen-bond donors (Lipinski definition) is 0. The van der Waals surface area contributed by atoms with Gasteiger partial charge in [0.2, 0.25) is 5.91 Å². The highest BCUT2D eigenvalue weighted by Crippen LogP contribution is 2.24. The molecule has 0 N–H and O–H groups in total. The standard InChI is InChI=1S/C16H14N2OS/c17-10-13-3-1-12(2-4-13)9-16(19)18-7-5-15-14(11-18)6-8-20-15/h1-4,6,8H,5,7,9,11H2. The minimum absolute atomic E-state index is 0.159. The van der Waals surface area contributed by atoms with E-state index in [0.717, 1.165) is 25.1 Å². The molecule has 1 aliphatic rings. The summed E-state index contributed by atoms with van der Waals surface area (Å²) in [6, 6.07) is 11.4. The smallest absolute Gasteiger partial charge is 0.227 e. The van der Waals surface area contributed by atoms with Gasteiger partial charge in [0.25, 0.3) is 0 Å². The molecule has 100 valence electrons. The van der Waals surface area contributed by atoms with E-state index in [1.165, 1.54) is 10.4 Å². The molecule has 0 aliphatic carbocycles. The van der Waals surface area contributed by atoms with Crippen LogP contribution in [0.4, 0.5) is 0 Å². The Balaban J connectivity index is 1.66. The molecule has 2 heterocycles. The summed E-state index contributed by atoms with van der Waals surface area (Å²) < 4.78 is 0. The van der Waals surface area contributed by atoms with Crippen molar-refractivity contribution < 1.29 is 4.79 Å². The topological polar surface area (TPSA) is 44.1 Å². The maximum atomic E-state index is 12.3. The molecule has 1 aliphatic heterocycles. The molecule has 4 heteroatoms. The average Bonchev–Trinajstić information content (AvgIpc) is 2.95. The Hall–Kier alpha value is -2.12. The molecule has 1 aromatic carbocycles. The molecule has 3 rings (SSSR count). The Labute approximate surface area is 122 Å². The lowest BCUT2D eigenvalue weighted by Crippen LogP contribution is -2.36. The number of thiophene rings is 1. The van der Waals surface area contributed by atoms with Crippen LogP contribution in [0.25, 0.3) is 0 Å². The van der Waals surface area contributed by atoms with Gasteiger partial charge in [-0.1, -0.05) is 12.1 Å². The molecular formula is C16H14N2OS. The molecular weight excluding hydrogens is 268 g/mol. The largest absolute Gasteiger partial charge is 0.338 e. The Kier molecular flexibility index (Phi) is 3.53. The molecule has 1 amide bonds. The van der Waals surface area contributed by atoms with Gasteiger partial charge < -0.3 is 4.90 Å². The van der Waals surface area contributed by atoms with Gasteiger partial charge >= 0.3 is 0 Å². The van der Waals surface area contributed by atoms with E-state index in [9.17, 15) is 4.79 Å². The van der Waals surface area contributed by atoms with E-state index in [-0.39, 0.29) is 5.91 Å². The summed E-state index contributed by atoms with van der Waals surface area (Å²) in [4.78, 5) is 15.7. The molecule has 0 fully saturated rings. The van der Waals surface area contributed by atoms with Crippen LogP contribution in [0.15, 0.2) is 35.7 Å². The van der Waals surface area contributed by atoms with Crippen molar-refractivity contribution in [3.05, 3.63) is 57.3 Å². The van der Waals surface area contributed by atoms with Gasteiger partial charge in [-0.3, -0.25) is 4.79 Å². The first-order valence-corrected chi connectivity index (χ1v) is 7.46. The highest BCUT2D eigenvalue weighted by Gasteiger charge is 2.21. The third kappa shape index (κ3) is 2.59. The lowest BCUT2D eigenvalue weighted by atomic mass is 10.1. The SMILES string of the molecule is N#Cc1ccc(CC(=O)N2CCc3sccc3C2)cc1. The van der Waals surface area contributed by atoms with E-state index in [1.54, 1.807) is 23.5 Å². The van der Waals surface area contributed by atoms with Gasteiger partial charge in [0.15, 0.2) is 0 Å². The van der Waals surface area contributed by atoms with Gasteiger partial charge in [-0.05, 0) is 41.1 Å². The summed E-state index contributed by atoms with van der Waals surface area (Å²) in [7, 11) is 0. The normalized spacial score (nSPS) is 13.7. The zero-order valence-electron chi connectivity index (χ0n) is 11.0. The van der Waals surface area contributed by atoms with E-state index in [4.69, 9.17) is 5.26 Å². The summed E-state index contributed by atoms with van der Waals surface area (Å²) in [6.07, 6.45) is 1.37. The predicted molar refractivity (Wildman–Crippen MR) is 78.3 cm³/mol. The number of amides is 1.